The summed E-state index contributed by atoms with van der Waals surface area (Å²) in [5.41, 5.74) is 1.22. The van der Waals surface area contributed by atoms with Gasteiger partial charge >= 0.3 is 0 Å². The number of nitrogens with zero attached hydrogens (tertiary/aromatic N) is 2. The Kier molecular flexibility index (Phi) is 6.64. The lowest BCUT2D eigenvalue weighted by molar-refractivity contribution is -0.127. The van der Waals surface area contributed by atoms with Gasteiger partial charge in [0.2, 0.25) is 5.91 Å². The number of nitrogens with one attached hydrogen (secondary N) is 1. The average Bonchev–Trinajstić information content (AvgIpc) is 2.71. The molecule has 1 saturated heterocycles. The maximum Gasteiger partial charge on any atom is 0.237 e. The molecular formula is C22H35N3O2. The van der Waals surface area contributed by atoms with Crippen LogP contribution >= 0.6 is 0 Å². The number of amides is 1. The number of carbonyl (C=O) groups excluding carboxylic acids is 1. The number of piperazine rings is 1. The minimum Gasteiger partial charge on any atom is -0.497 e. The Bertz CT molecular complexity index is 610. The molecule has 1 aromatic carbocycles. The molecule has 0 unspecified atom stereocenters. The highest BCUT2D eigenvalue weighted by Gasteiger charge is 2.31. The monoisotopic (exact) mass is 373 g/mol. The summed E-state index contributed by atoms with van der Waals surface area (Å²) < 4.78 is 5.24. The van der Waals surface area contributed by atoms with E-state index >= 15 is 0 Å². The zero-order valence-corrected chi connectivity index (χ0v) is 17.3. The standard InChI is InChI=1S/C22H35N3O2/c1-16-6-5-7-21(17(16)2)23-22(26)18(3)24-12-14-25(15-13-24)19-8-10-20(27-4)11-9-19/h8-11,16-18,21H,5-7,12-15H2,1-4H3,(H,23,26)/t16-,17+,18+,21-/m0/s1. The smallest absolute Gasteiger partial charge is 0.237 e. The van der Waals surface area contributed by atoms with Crippen LogP contribution in [0.2, 0.25) is 0 Å². The number of benzene rings is 1. The third kappa shape index (κ3) is 4.75. The fourth-order valence-electron chi connectivity index (χ4n) is 4.42. The lowest BCUT2D eigenvalue weighted by Crippen LogP contribution is -2.56. The van der Waals surface area contributed by atoms with E-state index in [9.17, 15) is 4.79 Å². The van der Waals surface area contributed by atoms with Gasteiger partial charge in [-0.1, -0.05) is 26.7 Å². The van der Waals surface area contributed by atoms with Crippen LogP contribution in [0, 0.1) is 11.8 Å². The number of hydrogen-bond acceptors (Lipinski definition) is 4. The summed E-state index contributed by atoms with van der Waals surface area (Å²) in [6, 6.07) is 8.50. The van der Waals surface area contributed by atoms with Gasteiger partial charge in [-0.25, -0.2) is 0 Å². The molecule has 1 aliphatic heterocycles. The van der Waals surface area contributed by atoms with Gasteiger partial charge in [-0.2, -0.15) is 0 Å². The first-order chi connectivity index (χ1) is 13.0. The molecule has 0 bridgehead atoms. The number of methoxy groups -OCH3 is 1. The highest BCUT2D eigenvalue weighted by atomic mass is 16.5. The Balaban J connectivity index is 1.50. The van der Waals surface area contributed by atoms with Gasteiger partial charge in [-0.3, -0.25) is 9.69 Å². The topological polar surface area (TPSA) is 44.8 Å². The van der Waals surface area contributed by atoms with Crippen LogP contribution in [0.4, 0.5) is 5.69 Å². The molecule has 2 fully saturated rings. The molecule has 3 rings (SSSR count). The summed E-state index contributed by atoms with van der Waals surface area (Å²) in [5.74, 6) is 2.35. The lowest BCUT2D eigenvalue weighted by Gasteiger charge is -2.40. The van der Waals surface area contributed by atoms with Gasteiger partial charge in [0.25, 0.3) is 0 Å². The van der Waals surface area contributed by atoms with Crippen LogP contribution in [0.5, 0.6) is 5.75 Å². The Morgan fingerprint density at radius 2 is 1.78 bits per heavy atom. The second-order valence-corrected chi connectivity index (χ2v) is 8.28. The Hall–Kier alpha value is -1.75. The van der Waals surface area contributed by atoms with Crippen molar-refractivity contribution >= 4 is 11.6 Å². The molecule has 1 heterocycles. The molecule has 0 aromatic heterocycles. The van der Waals surface area contributed by atoms with Gasteiger partial charge in [-0.05, 0) is 49.4 Å². The largest absolute Gasteiger partial charge is 0.497 e. The number of anilines is 1. The van der Waals surface area contributed by atoms with Gasteiger partial charge < -0.3 is 15.0 Å². The molecule has 1 aromatic rings. The first-order valence-corrected chi connectivity index (χ1v) is 10.4. The van der Waals surface area contributed by atoms with E-state index in [0.717, 1.165) is 38.3 Å². The molecule has 1 aliphatic carbocycles. The third-order valence-corrected chi connectivity index (χ3v) is 6.71. The predicted octanol–water partition coefficient (Wildman–Crippen LogP) is 3.15. The molecule has 1 saturated carbocycles. The summed E-state index contributed by atoms with van der Waals surface area (Å²) in [4.78, 5) is 17.5. The fraction of sp³-hybridized carbons (Fsp3) is 0.682. The normalized spacial score (nSPS) is 27.9. The first-order valence-electron chi connectivity index (χ1n) is 10.4. The highest BCUT2D eigenvalue weighted by molar-refractivity contribution is 5.81. The van der Waals surface area contributed by atoms with Crippen molar-refractivity contribution in [1.82, 2.24) is 10.2 Å². The summed E-state index contributed by atoms with van der Waals surface area (Å²) in [5, 5.41) is 3.34. The number of ether oxygens (including phenoxy) is 1. The molecule has 0 spiro atoms. The van der Waals surface area contributed by atoms with Crippen LogP contribution < -0.4 is 15.0 Å². The maximum atomic E-state index is 12.8. The van der Waals surface area contributed by atoms with Gasteiger partial charge in [0.15, 0.2) is 0 Å². The molecule has 5 heteroatoms. The van der Waals surface area contributed by atoms with Crippen molar-refractivity contribution < 1.29 is 9.53 Å². The molecule has 1 N–H and O–H groups in total. The van der Waals surface area contributed by atoms with Crippen molar-refractivity contribution in [3.05, 3.63) is 24.3 Å². The van der Waals surface area contributed by atoms with Crippen LogP contribution in [0.1, 0.15) is 40.0 Å². The van der Waals surface area contributed by atoms with Crippen LogP contribution in [0.3, 0.4) is 0 Å². The minimum atomic E-state index is -0.0625. The molecule has 150 valence electrons. The minimum absolute atomic E-state index is 0.0625. The number of carbonyl (C=O) groups is 1. The highest BCUT2D eigenvalue weighted by Crippen LogP contribution is 2.29. The van der Waals surface area contributed by atoms with Crippen LogP contribution in [-0.4, -0.2) is 56.2 Å². The van der Waals surface area contributed by atoms with Gasteiger partial charge in [0.1, 0.15) is 5.75 Å². The van der Waals surface area contributed by atoms with Crippen LogP contribution in [-0.2, 0) is 4.79 Å². The molecule has 5 nitrogen and oxygen atoms in total. The molecule has 4 atom stereocenters. The first kappa shape index (κ1) is 20.0. The molecule has 0 radical (unpaired) electrons. The fourth-order valence-corrected chi connectivity index (χ4v) is 4.42. The van der Waals surface area contributed by atoms with E-state index in [4.69, 9.17) is 4.74 Å². The van der Waals surface area contributed by atoms with Crippen molar-refractivity contribution in [3.63, 3.8) is 0 Å². The van der Waals surface area contributed by atoms with E-state index in [2.05, 4.69) is 48.0 Å². The molecule has 1 amide bonds. The second kappa shape index (κ2) is 8.96. The van der Waals surface area contributed by atoms with Crippen molar-refractivity contribution in [2.24, 2.45) is 11.8 Å². The Labute approximate surface area is 164 Å². The Morgan fingerprint density at radius 3 is 2.41 bits per heavy atom. The van der Waals surface area contributed by atoms with Gasteiger partial charge in [0.05, 0.1) is 13.2 Å². The van der Waals surface area contributed by atoms with Crippen LogP contribution in [0.15, 0.2) is 24.3 Å². The summed E-state index contributed by atoms with van der Waals surface area (Å²) in [6.07, 6.45) is 3.64. The molecule has 2 aliphatic rings. The van der Waals surface area contributed by atoms with E-state index in [0.29, 0.717) is 17.9 Å². The van der Waals surface area contributed by atoms with E-state index in [-0.39, 0.29) is 11.9 Å². The van der Waals surface area contributed by atoms with Crippen molar-refractivity contribution in [2.75, 3.05) is 38.2 Å². The summed E-state index contributed by atoms with van der Waals surface area (Å²) in [7, 11) is 1.69. The molecule has 27 heavy (non-hydrogen) atoms. The van der Waals surface area contributed by atoms with Crippen LogP contribution in [0.25, 0.3) is 0 Å². The zero-order valence-electron chi connectivity index (χ0n) is 17.3. The maximum absolute atomic E-state index is 12.8. The third-order valence-electron chi connectivity index (χ3n) is 6.71. The summed E-state index contributed by atoms with van der Waals surface area (Å²) in [6.45, 7) is 10.4. The van der Waals surface area contributed by atoms with Gasteiger partial charge in [-0.15, -0.1) is 0 Å². The van der Waals surface area contributed by atoms with E-state index in [1.807, 2.05) is 12.1 Å². The second-order valence-electron chi connectivity index (χ2n) is 8.28. The Morgan fingerprint density at radius 1 is 1.11 bits per heavy atom. The molecular weight excluding hydrogens is 338 g/mol. The summed E-state index contributed by atoms with van der Waals surface area (Å²) >= 11 is 0. The SMILES string of the molecule is COc1ccc(N2CCN([C@H](C)C(=O)N[C@H]3CCC[C@H](C)[C@H]3C)CC2)cc1. The lowest BCUT2D eigenvalue weighted by atomic mass is 9.78. The van der Waals surface area contributed by atoms with Gasteiger partial charge in [0, 0.05) is 37.9 Å². The number of rotatable bonds is 5. The quantitative estimate of drug-likeness (QED) is 0.861. The van der Waals surface area contributed by atoms with E-state index in [1.165, 1.54) is 18.5 Å². The van der Waals surface area contributed by atoms with Crippen molar-refractivity contribution in [2.45, 2.75) is 52.1 Å². The predicted molar refractivity (Wildman–Crippen MR) is 110 cm³/mol. The van der Waals surface area contributed by atoms with Crippen molar-refractivity contribution in [1.29, 1.82) is 0 Å². The zero-order chi connectivity index (χ0) is 19.4. The van der Waals surface area contributed by atoms with Crippen molar-refractivity contribution in [3.8, 4) is 5.75 Å². The number of hydrogen-bond donors (Lipinski definition) is 1. The van der Waals surface area contributed by atoms with E-state index < -0.39 is 0 Å². The average molecular weight is 374 g/mol. The van der Waals surface area contributed by atoms with E-state index in [1.54, 1.807) is 7.11 Å².